The monoisotopic (exact) mass is 729 g/mol. The summed E-state index contributed by atoms with van der Waals surface area (Å²) in [7, 11) is 0. The fourth-order valence-corrected chi connectivity index (χ4v) is 10.7. The van der Waals surface area contributed by atoms with Crippen LogP contribution in [0.5, 0.6) is 0 Å². The van der Waals surface area contributed by atoms with Crippen LogP contribution in [0.15, 0.2) is 188 Å². The first-order chi connectivity index (χ1) is 27.8. The maximum atomic E-state index is 5.13. The van der Waals surface area contributed by atoms with E-state index in [1.165, 1.54) is 59.5 Å². The van der Waals surface area contributed by atoms with Crippen molar-refractivity contribution >= 4 is 32.2 Å². The van der Waals surface area contributed by atoms with E-state index in [1.807, 2.05) is 29.5 Å². The molecule has 0 saturated heterocycles. The zero-order chi connectivity index (χ0) is 36.8. The Kier molecular flexibility index (Phi) is 6.72. The first-order valence-corrected chi connectivity index (χ1v) is 19.8. The molecule has 4 heteroatoms. The van der Waals surface area contributed by atoms with Gasteiger partial charge in [-0.3, -0.25) is 0 Å². The Morgan fingerprint density at radius 1 is 0.357 bits per heavy atom. The van der Waals surface area contributed by atoms with E-state index in [-0.39, 0.29) is 0 Å². The van der Waals surface area contributed by atoms with Gasteiger partial charge in [0.15, 0.2) is 17.5 Å². The molecule has 0 aliphatic heterocycles. The maximum absolute atomic E-state index is 5.13. The molecule has 2 aliphatic carbocycles. The molecule has 3 nitrogen and oxygen atoms in total. The smallest absolute Gasteiger partial charge is 0.164 e. The molecule has 2 aromatic heterocycles. The average Bonchev–Trinajstić information content (AvgIpc) is 3.90. The normalized spacial score (nSPS) is 14.9. The maximum Gasteiger partial charge on any atom is 0.164 e. The molecule has 2 aliphatic rings. The van der Waals surface area contributed by atoms with Crippen molar-refractivity contribution in [2.45, 2.75) is 5.41 Å². The highest BCUT2D eigenvalue weighted by atomic mass is 32.1. The van der Waals surface area contributed by atoms with Crippen LogP contribution in [0.25, 0.3) is 87.7 Å². The molecule has 0 fully saturated rings. The number of rotatable bonds is 4. The van der Waals surface area contributed by atoms with Gasteiger partial charge in [0, 0.05) is 26.3 Å². The van der Waals surface area contributed by atoms with Crippen LogP contribution in [0.2, 0.25) is 0 Å². The van der Waals surface area contributed by atoms with Gasteiger partial charge in [-0.2, -0.15) is 0 Å². The van der Waals surface area contributed by atoms with Gasteiger partial charge in [-0.25, -0.2) is 15.0 Å². The van der Waals surface area contributed by atoms with Crippen LogP contribution in [0.3, 0.4) is 0 Å². The summed E-state index contributed by atoms with van der Waals surface area (Å²) in [6.45, 7) is 0. The molecule has 2 heterocycles. The molecule has 1 spiro atoms. The Bertz CT molecular complexity index is 3190. The van der Waals surface area contributed by atoms with E-state index in [2.05, 4.69) is 170 Å². The van der Waals surface area contributed by atoms with Crippen molar-refractivity contribution in [3.63, 3.8) is 0 Å². The average molecular weight is 730 g/mol. The predicted molar refractivity (Wildman–Crippen MR) is 231 cm³/mol. The second-order valence-electron chi connectivity index (χ2n) is 14.6. The summed E-state index contributed by atoms with van der Waals surface area (Å²) in [5, 5.41) is 3.61. The first kappa shape index (κ1) is 31.4. The lowest BCUT2D eigenvalue weighted by atomic mass is 9.70. The summed E-state index contributed by atoms with van der Waals surface area (Å²) < 4.78 is 1.33. The highest BCUT2D eigenvalue weighted by Gasteiger charge is 2.53. The van der Waals surface area contributed by atoms with Crippen LogP contribution in [0.4, 0.5) is 0 Å². The predicted octanol–water partition coefficient (Wildman–Crippen LogP) is 13.3. The quantitative estimate of drug-likeness (QED) is 0.181. The summed E-state index contributed by atoms with van der Waals surface area (Å²) in [6.07, 6.45) is 0. The van der Waals surface area contributed by atoms with Gasteiger partial charge >= 0.3 is 0 Å². The molecule has 0 radical (unpaired) electrons. The van der Waals surface area contributed by atoms with Crippen LogP contribution in [-0.2, 0) is 5.41 Å². The van der Waals surface area contributed by atoms with Crippen LogP contribution in [0, 0.1) is 0 Å². The fraction of sp³-hybridized carbons (Fsp3) is 0.0192. The molecule has 56 heavy (non-hydrogen) atoms. The number of nitrogens with zero attached hydrogens (tertiary/aromatic N) is 3. The molecular weight excluding hydrogens is 699 g/mol. The highest BCUT2D eigenvalue weighted by Crippen LogP contribution is 2.66. The van der Waals surface area contributed by atoms with E-state index >= 15 is 0 Å². The van der Waals surface area contributed by atoms with Crippen molar-refractivity contribution in [2.75, 3.05) is 0 Å². The number of hydrogen-bond acceptors (Lipinski definition) is 4. The van der Waals surface area contributed by atoms with Gasteiger partial charge in [0.05, 0.1) is 5.41 Å². The van der Waals surface area contributed by atoms with Crippen LogP contribution >= 0.6 is 11.3 Å². The Morgan fingerprint density at radius 3 is 1.71 bits per heavy atom. The largest absolute Gasteiger partial charge is 0.208 e. The summed E-state index contributed by atoms with van der Waals surface area (Å²) in [4.78, 5) is 16.6. The zero-order valence-electron chi connectivity index (χ0n) is 30.1. The summed E-state index contributed by atoms with van der Waals surface area (Å²) in [5.74, 6) is 1.97. The topological polar surface area (TPSA) is 38.7 Å². The van der Waals surface area contributed by atoms with E-state index in [9.17, 15) is 0 Å². The van der Waals surface area contributed by atoms with Crippen LogP contribution in [0.1, 0.15) is 22.3 Å². The van der Waals surface area contributed by atoms with Crippen molar-refractivity contribution in [2.24, 2.45) is 0 Å². The minimum atomic E-state index is -0.399. The summed E-state index contributed by atoms with van der Waals surface area (Å²) in [5.41, 5.74) is 14.3. The van der Waals surface area contributed by atoms with Crippen molar-refractivity contribution in [3.8, 4) is 66.9 Å². The van der Waals surface area contributed by atoms with E-state index in [4.69, 9.17) is 15.0 Å². The molecule has 0 amide bonds. The van der Waals surface area contributed by atoms with Gasteiger partial charge in [-0.1, -0.05) is 182 Å². The number of aromatic nitrogens is 3. The third-order valence-corrected chi connectivity index (χ3v) is 13.0. The number of benzene rings is 8. The Labute approximate surface area is 328 Å². The third-order valence-electron chi connectivity index (χ3n) is 11.8. The number of fused-ring (bicyclic) bond motifs is 13. The van der Waals surface area contributed by atoms with Gasteiger partial charge in [0.25, 0.3) is 0 Å². The standard InChI is InChI=1S/C52H31N3S/c1-2-15-34(16-3-1)49-53-50(55-51(54-49)38-23-12-17-32-14-4-5-18-36(32)38)35-30-28-33(29-31-35)37-22-13-26-44-46(37)39-19-6-9-24-42(39)52(44)43-25-10-7-20-40(43)48-47(52)41-21-8-11-27-45(41)56-48/h1-31H. The van der Waals surface area contributed by atoms with E-state index in [1.54, 1.807) is 0 Å². The molecule has 0 saturated carbocycles. The van der Waals surface area contributed by atoms with Crippen molar-refractivity contribution in [1.82, 2.24) is 15.0 Å². The van der Waals surface area contributed by atoms with Crippen LogP contribution < -0.4 is 0 Å². The molecule has 1 unspecified atom stereocenters. The molecule has 1 atom stereocenters. The van der Waals surface area contributed by atoms with Crippen molar-refractivity contribution < 1.29 is 0 Å². The molecule has 0 N–H and O–H groups in total. The van der Waals surface area contributed by atoms with Gasteiger partial charge < -0.3 is 0 Å². The lowest BCUT2D eigenvalue weighted by Gasteiger charge is -2.30. The lowest BCUT2D eigenvalue weighted by molar-refractivity contribution is 0.803. The Morgan fingerprint density at radius 2 is 0.893 bits per heavy atom. The van der Waals surface area contributed by atoms with Crippen molar-refractivity contribution in [1.29, 1.82) is 0 Å². The molecule has 260 valence electrons. The Balaban J connectivity index is 1.03. The number of thiophene rings is 1. The second kappa shape index (κ2) is 12.0. The summed E-state index contributed by atoms with van der Waals surface area (Å²) >= 11 is 1.92. The van der Waals surface area contributed by atoms with Gasteiger partial charge in [0.1, 0.15) is 0 Å². The molecular formula is C52H31N3S. The van der Waals surface area contributed by atoms with Crippen molar-refractivity contribution in [3.05, 3.63) is 210 Å². The number of hydrogen-bond donors (Lipinski definition) is 0. The van der Waals surface area contributed by atoms with Gasteiger partial charge in [-0.15, -0.1) is 11.3 Å². The molecule has 0 bridgehead atoms. The Hall–Kier alpha value is -7.01. The molecule has 12 rings (SSSR count). The van der Waals surface area contributed by atoms with Crippen LogP contribution in [-0.4, -0.2) is 15.0 Å². The second-order valence-corrected chi connectivity index (χ2v) is 15.7. The van der Waals surface area contributed by atoms with E-state index < -0.39 is 5.41 Å². The van der Waals surface area contributed by atoms with Gasteiger partial charge in [0.2, 0.25) is 0 Å². The minimum absolute atomic E-state index is 0.399. The van der Waals surface area contributed by atoms with E-state index in [0.29, 0.717) is 17.5 Å². The molecule has 8 aromatic carbocycles. The first-order valence-electron chi connectivity index (χ1n) is 19.0. The summed E-state index contributed by atoms with van der Waals surface area (Å²) in [6, 6.07) is 67.7. The SMILES string of the molecule is c1ccc(-c2nc(-c3ccc(-c4cccc5c4-c4ccccc4C54c5ccccc5-c5sc6ccccc6c54)cc3)nc(-c3cccc4ccccc34)n2)cc1. The third kappa shape index (κ3) is 4.36. The zero-order valence-corrected chi connectivity index (χ0v) is 31.0. The minimum Gasteiger partial charge on any atom is -0.208 e. The highest BCUT2D eigenvalue weighted by molar-refractivity contribution is 7.22. The lowest BCUT2D eigenvalue weighted by Crippen LogP contribution is -2.25. The van der Waals surface area contributed by atoms with Gasteiger partial charge in [-0.05, 0) is 72.3 Å². The fourth-order valence-electron chi connectivity index (χ4n) is 9.44. The van der Waals surface area contributed by atoms with E-state index in [0.717, 1.165) is 33.0 Å². The molecule has 10 aromatic rings.